The van der Waals surface area contributed by atoms with Gasteiger partial charge in [-0.05, 0) is 6.07 Å². The molecule has 0 spiro atoms. The van der Waals surface area contributed by atoms with Gasteiger partial charge in [-0.1, -0.05) is 11.3 Å². The molecule has 1 aromatic carbocycles. The van der Waals surface area contributed by atoms with Gasteiger partial charge in [0.2, 0.25) is 10.9 Å². The summed E-state index contributed by atoms with van der Waals surface area (Å²) in [7, 11) is 0. The number of nitrogens with zero attached hydrogens (tertiary/aromatic N) is 3. The van der Waals surface area contributed by atoms with Gasteiger partial charge in [0.1, 0.15) is 11.3 Å². The molecule has 0 fully saturated rings. The normalized spacial score (nSPS) is 10.2. The number of nitrogens with one attached hydrogen (secondary N) is 1. The molecule has 1 aromatic heterocycles. The van der Waals surface area contributed by atoms with E-state index in [-0.39, 0.29) is 5.13 Å². The maximum Gasteiger partial charge on any atom is 0.308 e. The molecule has 2 rings (SSSR count). The maximum absolute atomic E-state index is 13.7. The fourth-order valence-electron chi connectivity index (χ4n) is 1.26. The molecule has 1 amide bonds. The second-order valence-corrected chi connectivity index (χ2v) is 4.07. The number of carbonyl (C=O) groups is 1. The second kappa shape index (κ2) is 5.02. The van der Waals surface area contributed by atoms with Gasteiger partial charge in [-0.15, -0.1) is 10.2 Å². The predicted molar refractivity (Wildman–Crippen MR) is 60.9 cm³/mol. The molecule has 19 heavy (non-hydrogen) atoms. The monoisotopic (exact) mass is 286 g/mol. The summed E-state index contributed by atoms with van der Waals surface area (Å²) >= 11 is 0.962. The Balaban J connectivity index is 2.39. The molecule has 2 aromatic rings. The van der Waals surface area contributed by atoms with Crippen molar-refractivity contribution in [3.05, 3.63) is 45.0 Å². The zero-order valence-electron chi connectivity index (χ0n) is 8.96. The Morgan fingerprint density at radius 2 is 2.16 bits per heavy atom. The summed E-state index contributed by atoms with van der Waals surface area (Å²) in [5, 5.41) is 19.6. The van der Waals surface area contributed by atoms with E-state index in [1.54, 1.807) is 0 Å². The molecule has 98 valence electrons. The summed E-state index contributed by atoms with van der Waals surface area (Å²) < 4.78 is 26.8. The Morgan fingerprint density at radius 3 is 2.74 bits per heavy atom. The van der Waals surface area contributed by atoms with Gasteiger partial charge in [-0.25, -0.2) is 4.39 Å². The predicted octanol–water partition coefficient (Wildman–Crippen LogP) is 1.98. The first-order valence-electron chi connectivity index (χ1n) is 4.70. The van der Waals surface area contributed by atoms with Crippen LogP contribution >= 0.6 is 11.3 Å². The van der Waals surface area contributed by atoms with Crippen molar-refractivity contribution in [2.24, 2.45) is 0 Å². The topological polar surface area (TPSA) is 98.0 Å². The van der Waals surface area contributed by atoms with E-state index >= 15 is 0 Å². The van der Waals surface area contributed by atoms with Crippen molar-refractivity contribution in [2.75, 3.05) is 5.32 Å². The van der Waals surface area contributed by atoms with Crippen LogP contribution in [0.5, 0.6) is 0 Å². The van der Waals surface area contributed by atoms with E-state index in [0.29, 0.717) is 12.1 Å². The average Bonchev–Trinajstić information content (AvgIpc) is 2.84. The lowest BCUT2D eigenvalue weighted by atomic mass is 10.1. The minimum atomic E-state index is -1.41. The molecule has 0 aliphatic carbocycles. The largest absolute Gasteiger partial charge is 0.308 e. The van der Waals surface area contributed by atoms with Crippen LogP contribution in [0.1, 0.15) is 10.4 Å². The number of hydrogen-bond donors (Lipinski definition) is 1. The third kappa shape index (κ3) is 2.68. The van der Waals surface area contributed by atoms with E-state index in [1.807, 2.05) is 0 Å². The number of carbonyl (C=O) groups excluding carboxylic acids is 1. The molecule has 0 bridgehead atoms. The standard InChI is InChI=1S/C9H4F2N4O3S/c10-4-1-5(7(11)6(2-4)15(17)18)8(16)13-9-14-12-3-19-9/h1-3H,(H,13,14,16). The first kappa shape index (κ1) is 13.0. The van der Waals surface area contributed by atoms with Gasteiger partial charge >= 0.3 is 5.69 Å². The van der Waals surface area contributed by atoms with Crippen molar-refractivity contribution in [1.29, 1.82) is 0 Å². The van der Waals surface area contributed by atoms with E-state index < -0.39 is 33.7 Å². The fourth-order valence-corrected chi connectivity index (χ4v) is 1.70. The number of halogens is 2. The van der Waals surface area contributed by atoms with Crippen molar-refractivity contribution >= 4 is 28.1 Å². The highest BCUT2D eigenvalue weighted by Gasteiger charge is 2.24. The smallest absolute Gasteiger partial charge is 0.296 e. The van der Waals surface area contributed by atoms with Crippen LogP contribution in [-0.4, -0.2) is 21.0 Å². The van der Waals surface area contributed by atoms with Crippen LogP contribution in [-0.2, 0) is 0 Å². The van der Waals surface area contributed by atoms with Crippen molar-refractivity contribution < 1.29 is 18.5 Å². The third-order valence-corrected chi connectivity index (χ3v) is 2.65. The van der Waals surface area contributed by atoms with Crippen molar-refractivity contribution in [3.63, 3.8) is 0 Å². The molecule has 7 nitrogen and oxygen atoms in total. The number of nitro groups is 1. The van der Waals surface area contributed by atoms with Crippen molar-refractivity contribution in [2.45, 2.75) is 0 Å². The van der Waals surface area contributed by atoms with Crippen LogP contribution < -0.4 is 5.32 Å². The van der Waals surface area contributed by atoms with E-state index in [2.05, 4.69) is 15.5 Å². The Hall–Kier alpha value is -2.49. The number of hydrogen-bond acceptors (Lipinski definition) is 6. The van der Waals surface area contributed by atoms with Gasteiger partial charge in [0, 0.05) is 0 Å². The molecule has 1 N–H and O–H groups in total. The first-order chi connectivity index (χ1) is 8.99. The summed E-state index contributed by atoms with van der Waals surface area (Å²) in [5.41, 5.74) is -0.565. The molecule has 0 saturated heterocycles. The van der Waals surface area contributed by atoms with Gasteiger partial charge in [0.05, 0.1) is 16.6 Å². The second-order valence-electron chi connectivity index (χ2n) is 3.24. The van der Waals surface area contributed by atoms with Crippen molar-refractivity contribution in [1.82, 2.24) is 10.2 Å². The third-order valence-electron chi connectivity index (χ3n) is 2.04. The van der Waals surface area contributed by atoms with E-state index in [0.717, 1.165) is 11.3 Å². The number of aromatic nitrogens is 2. The Labute approximate surface area is 108 Å². The molecule has 0 aliphatic rings. The Kier molecular flexibility index (Phi) is 3.42. The molecule has 0 aliphatic heterocycles. The number of rotatable bonds is 3. The van der Waals surface area contributed by atoms with Crippen LogP contribution in [0.15, 0.2) is 17.6 Å². The molecule has 0 radical (unpaired) electrons. The maximum atomic E-state index is 13.7. The fraction of sp³-hybridized carbons (Fsp3) is 0. The highest BCUT2D eigenvalue weighted by Crippen LogP contribution is 2.23. The zero-order chi connectivity index (χ0) is 14.0. The molecule has 0 unspecified atom stereocenters. The molecule has 1 heterocycles. The number of amides is 1. The lowest BCUT2D eigenvalue weighted by molar-refractivity contribution is -0.387. The van der Waals surface area contributed by atoms with Crippen molar-refractivity contribution in [3.8, 4) is 0 Å². The highest BCUT2D eigenvalue weighted by atomic mass is 32.1. The molecule has 10 heteroatoms. The molecule has 0 atom stereocenters. The molecular weight excluding hydrogens is 282 g/mol. The number of anilines is 1. The Morgan fingerprint density at radius 1 is 1.42 bits per heavy atom. The SMILES string of the molecule is O=C(Nc1nncs1)c1cc(F)cc([N+](=O)[O-])c1F. The minimum Gasteiger partial charge on any atom is -0.296 e. The van der Waals surface area contributed by atoms with Gasteiger partial charge in [0.15, 0.2) is 0 Å². The summed E-state index contributed by atoms with van der Waals surface area (Å²) in [6.45, 7) is 0. The van der Waals surface area contributed by atoms with Crippen LogP contribution in [0.3, 0.4) is 0 Å². The van der Waals surface area contributed by atoms with Gasteiger partial charge in [-0.3, -0.25) is 20.2 Å². The number of benzene rings is 1. The average molecular weight is 286 g/mol. The zero-order valence-corrected chi connectivity index (χ0v) is 9.78. The van der Waals surface area contributed by atoms with Gasteiger partial charge in [-0.2, -0.15) is 4.39 Å². The van der Waals surface area contributed by atoms with E-state index in [1.165, 1.54) is 5.51 Å². The van der Waals surface area contributed by atoms with Crippen LogP contribution in [0.2, 0.25) is 0 Å². The van der Waals surface area contributed by atoms with E-state index in [9.17, 15) is 23.7 Å². The van der Waals surface area contributed by atoms with Gasteiger partial charge in [0.25, 0.3) is 5.91 Å². The quantitative estimate of drug-likeness (QED) is 0.687. The van der Waals surface area contributed by atoms with E-state index in [4.69, 9.17) is 0 Å². The minimum absolute atomic E-state index is 0.0660. The Bertz CT molecular complexity index is 647. The lowest BCUT2D eigenvalue weighted by Crippen LogP contribution is -2.15. The summed E-state index contributed by atoms with van der Waals surface area (Å²) in [6.07, 6.45) is 0. The van der Waals surface area contributed by atoms with Crippen LogP contribution in [0, 0.1) is 21.7 Å². The molecule has 0 saturated carbocycles. The lowest BCUT2D eigenvalue weighted by Gasteiger charge is -2.03. The van der Waals surface area contributed by atoms with Crippen LogP contribution in [0.4, 0.5) is 19.6 Å². The summed E-state index contributed by atoms with van der Waals surface area (Å²) in [4.78, 5) is 21.1. The van der Waals surface area contributed by atoms with Gasteiger partial charge < -0.3 is 0 Å². The van der Waals surface area contributed by atoms with Crippen LogP contribution in [0.25, 0.3) is 0 Å². The highest BCUT2D eigenvalue weighted by molar-refractivity contribution is 7.13. The number of nitro benzene ring substituents is 1. The summed E-state index contributed by atoms with van der Waals surface area (Å²) in [6, 6.07) is 0.968. The molecular formula is C9H4F2N4O3S. The summed E-state index contributed by atoms with van der Waals surface area (Å²) in [5.74, 6) is -3.54. The first-order valence-corrected chi connectivity index (χ1v) is 5.58.